The van der Waals surface area contributed by atoms with Crippen LogP contribution < -0.4 is 10.1 Å². The molecule has 1 aliphatic rings. The fourth-order valence-corrected chi connectivity index (χ4v) is 3.91. The zero-order valence-electron chi connectivity index (χ0n) is 19.3. The van der Waals surface area contributed by atoms with E-state index in [9.17, 15) is 14.7 Å². The maximum Gasteiger partial charge on any atom is 0.336 e. The van der Waals surface area contributed by atoms with Crippen molar-refractivity contribution in [2.24, 2.45) is 0 Å². The molecule has 0 spiro atoms. The van der Waals surface area contributed by atoms with Gasteiger partial charge in [-0.05, 0) is 44.6 Å². The maximum absolute atomic E-state index is 12.7. The average molecular weight is 433 g/mol. The lowest BCUT2D eigenvalue weighted by Crippen LogP contribution is -2.32. The monoisotopic (exact) mass is 432 g/mol. The van der Waals surface area contributed by atoms with Crippen molar-refractivity contribution in [2.45, 2.75) is 40.2 Å². The molecule has 0 bridgehead atoms. The van der Waals surface area contributed by atoms with E-state index in [1.165, 1.54) is 21.3 Å². The Morgan fingerprint density at radius 3 is 1.94 bits per heavy atom. The van der Waals surface area contributed by atoms with Crippen molar-refractivity contribution < 1.29 is 28.9 Å². The van der Waals surface area contributed by atoms with Crippen molar-refractivity contribution in [3.63, 3.8) is 0 Å². The van der Waals surface area contributed by atoms with Crippen LogP contribution in [0.15, 0.2) is 34.7 Å². The Morgan fingerprint density at radius 1 is 1.00 bits per heavy atom. The van der Waals surface area contributed by atoms with Crippen LogP contribution in [0.1, 0.15) is 44.7 Å². The summed E-state index contributed by atoms with van der Waals surface area (Å²) in [7, 11) is 4.06. The number of aromatic hydroxyl groups is 1. The summed E-state index contributed by atoms with van der Waals surface area (Å²) < 4.78 is 15.5. The fraction of sp³-hybridized carbons (Fsp3) is 0.478. The normalized spacial score (nSPS) is 14.6. The number of carbonyl (C=O) groups excluding carboxylic acids is 2. The summed E-state index contributed by atoms with van der Waals surface area (Å²) >= 11 is 0. The Bertz CT molecular complexity index is 877. The van der Waals surface area contributed by atoms with E-state index in [1.54, 1.807) is 26.0 Å². The first-order valence-corrected chi connectivity index (χ1v) is 10.2. The summed E-state index contributed by atoms with van der Waals surface area (Å²) in [5, 5.41) is 13.8. The molecule has 0 atom stereocenters. The lowest BCUT2D eigenvalue weighted by atomic mass is 9.79. The van der Waals surface area contributed by atoms with Gasteiger partial charge in [0.2, 0.25) is 0 Å². The molecular formula is C23H32N2O6. The molecule has 1 aromatic carbocycles. The van der Waals surface area contributed by atoms with Gasteiger partial charge in [0, 0.05) is 23.5 Å². The number of ether oxygens (including phenoxy) is 3. The summed E-state index contributed by atoms with van der Waals surface area (Å²) in [6.07, 6.45) is 0. The third-order valence-corrected chi connectivity index (χ3v) is 5.59. The van der Waals surface area contributed by atoms with Crippen molar-refractivity contribution in [1.82, 2.24) is 10.2 Å². The van der Waals surface area contributed by atoms with Gasteiger partial charge in [-0.15, -0.1) is 0 Å². The highest BCUT2D eigenvalue weighted by molar-refractivity contribution is 5.99. The lowest BCUT2D eigenvalue weighted by Gasteiger charge is -2.31. The van der Waals surface area contributed by atoms with Gasteiger partial charge in [-0.1, -0.05) is 13.8 Å². The van der Waals surface area contributed by atoms with Crippen LogP contribution in [0.3, 0.4) is 0 Å². The minimum absolute atomic E-state index is 0.0349. The van der Waals surface area contributed by atoms with Gasteiger partial charge in [-0.25, -0.2) is 9.59 Å². The van der Waals surface area contributed by atoms with E-state index in [-0.39, 0.29) is 11.5 Å². The number of hydrogen-bond acceptors (Lipinski definition) is 8. The molecule has 0 amide bonds. The minimum Gasteiger partial charge on any atom is -0.504 e. The Morgan fingerprint density at radius 2 is 1.52 bits per heavy atom. The number of phenolic OH excluding ortho intramolecular Hbond substituents is 1. The number of nitrogens with zero attached hydrogens (tertiary/aromatic N) is 1. The first kappa shape index (κ1) is 24.3. The van der Waals surface area contributed by atoms with Crippen LogP contribution in [0.25, 0.3) is 0 Å². The van der Waals surface area contributed by atoms with E-state index < -0.39 is 17.9 Å². The van der Waals surface area contributed by atoms with E-state index in [0.717, 1.165) is 13.1 Å². The molecule has 31 heavy (non-hydrogen) atoms. The number of hydrogen-bond donors (Lipinski definition) is 2. The number of nitrogens with one attached hydrogen (secondary N) is 1. The molecule has 8 heteroatoms. The molecule has 8 nitrogen and oxygen atoms in total. The molecule has 2 N–H and O–H groups in total. The molecule has 0 radical (unpaired) electrons. The number of esters is 2. The van der Waals surface area contributed by atoms with Crippen molar-refractivity contribution in [1.29, 1.82) is 0 Å². The molecule has 0 aliphatic carbocycles. The highest BCUT2D eigenvalue weighted by Gasteiger charge is 2.38. The van der Waals surface area contributed by atoms with Crippen LogP contribution in [0.4, 0.5) is 0 Å². The largest absolute Gasteiger partial charge is 0.504 e. The predicted molar refractivity (Wildman–Crippen MR) is 117 cm³/mol. The van der Waals surface area contributed by atoms with Crippen LogP contribution in [-0.2, 0) is 25.6 Å². The first-order chi connectivity index (χ1) is 14.7. The second kappa shape index (κ2) is 10.3. The standard InChI is InChI=1S/C23H32N2O6/c1-8-25(9-2)12-16-10-15(11-17(29-5)21(16)26)20-18(22(27)30-6)13(3)24-14(4)19(20)23(28)31-7/h10-11,20,24,26H,8-9,12H2,1-7H3. The van der Waals surface area contributed by atoms with E-state index >= 15 is 0 Å². The van der Waals surface area contributed by atoms with Crippen molar-refractivity contribution in [3.8, 4) is 11.5 Å². The number of carbonyl (C=O) groups is 2. The number of rotatable bonds is 8. The smallest absolute Gasteiger partial charge is 0.336 e. The summed E-state index contributed by atoms with van der Waals surface area (Å²) in [6.45, 7) is 9.68. The van der Waals surface area contributed by atoms with E-state index in [1.807, 2.05) is 13.8 Å². The minimum atomic E-state index is -0.744. The molecule has 0 saturated heterocycles. The highest BCUT2D eigenvalue weighted by atomic mass is 16.5. The molecular weight excluding hydrogens is 400 g/mol. The average Bonchev–Trinajstić information content (AvgIpc) is 2.76. The zero-order valence-corrected chi connectivity index (χ0v) is 19.3. The zero-order chi connectivity index (χ0) is 23.3. The lowest BCUT2D eigenvalue weighted by molar-refractivity contribution is -0.137. The molecule has 0 saturated carbocycles. The maximum atomic E-state index is 12.7. The molecule has 2 rings (SSSR count). The van der Waals surface area contributed by atoms with Crippen molar-refractivity contribution >= 4 is 11.9 Å². The van der Waals surface area contributed by atoms with Crippen LogP contribution in [0.2, 0.25) is 0 Å². The Kier molecular flexibility index (Phi) is 8.10. The number of benzene rings is 1. The SMILES string of the molecule is CCN(CC)Cc1cc(C2C(C(=O)OC)=C(C)NC(C)=C2C(=O)OC)cc(OC)c1O. The number of phenols is 1. The van der Waals surface area contributed by atoms with Gasteiger partial charge in [-0.2, -0.15) is 0 Å². The summed E-state index contributed by atoms with van der Waals surface area (Å²) in [6, 6.07) is 3.45. The van der Waals surface area contributed by atoms with Crippen LogP contribution in [0, 0.1) is 0 Å². The molecule has 170 valence electrons. The fourth-order valence-electron chi connectivity index (χ4n) is 3.91. The van der Waals surface area contributed by atoms with Gasteiger partial charge in [0.25, 0.3) is 0 Å². The second-order valence-corrected chi connectivity index (χ2v) is 7.31. The van der Waals surface area contributed by atoms with Gasteiger partial charge in [0.1, 0.15) is 0 Å². The highest BCUT2D eigenvalue weighted by Crippen LogP contribution is 2.43. The number of methoxy groups -OCH3 is 3. The topological polar surface area (TPSA) is 97.3 Å². The number of dihydropyridines is 1. The van der Waals surface area contributed by atoms with E-state index in [2.05, 4.69) is 10.2 Å². The predicted octanol–water partition coefficient (Wildman–Crippen LogP) is 2.82. The molecule has 1 aromatic rings. The molecule has 0 unspecified atom stereocenters. The molecule has 1 aliphatic heterocycles. The van der Waals surface area contributed by atoms with Crippen molar-refractivity contribution in [2.75, 3.05) is 34.4 Å². The second-order valence-electron chi connectivity index (χ2n) is 7.31. The summed E-state index contributed by atoms with van der Waals surface area (Å²) in [5.41, 5.74) is 3.03. The Hall–Kier alpha value is -3.00. The molecule has 0 aromatic heterocycles. The third-order valence-electron chi connectivity index (χ3n) is 5.59. The Labute approximate surface area is 183 Å². The summed E-state index contributed by atoms with van der Waals surface area (Å²) in [4.78, 5) is 27.6. The third kappa shape index (κ3) is 4.85. The first-order valence-electron chi connectivity index (χ1n) is 10.2. The van der Waals surface area contributed by atoms with Gasteiger partial charge in [0.05, 0.1) is 38.4 Å². The van der Waals surface area contributed by atoms with Crippen LogP contribution in [-0.4, -0.2) is 56.4 Å². The van der Waals surface area contributed by atoms with Crippen LogP contribution in [0.5, 0.6) is 11.5 Å². The van der Waals surface area contributed by atoms with Crippen LogP contribution >= 0.6 is 0 Å². The number of allylic oxidation sites excluding steroid dienone is 2. The van der Waals surface area contributed by atoms with E-state index in [4.69, 9.17) is 14.2 Å². The molecule has 1 heterocycles. The summed E-state index contributed by atoms with van der Waals surface area (Å²) in [5.74, 6) is -1.55. The quantitative estimate of drug-likeness (QED) is 0.606. The molecule has 0 fully saturated rings. The Balaban J connectivity index is 2.78. The van der Waals surface area contributed by atoms with Gasteiger partial charge in [-0.3, -0.25) is 4.90 Å². The van der Waals surface area contributed by atoms with E-state index in [0.29, 0.717) is 40.2 Å². The van der Waals surface area contributed by atoms with Crippen molar-refractivity contribution in [3.05, 3.63) is 45.8 Å². The van der Waals surface area contributed by atoms with Gasteiger partial charge in [0.15, 0.2) is 11.5 Å². The van der Waals surface area contributed by atoms with Gasteiger partial charge < -0.3 is 24.6 Å². The van der Waals surface area contributed by atoms with Gasteiger partial charge >= 0.3 is 11.9 Å².